The number of nitrogens with one attached hydrogen (secondary N) is 1. The topological polar surface area (TPSA) is 12.0 Å². The van der Waals surface area contributed by atoms with Crippen molar-refractivity contribution in [3.63, 3.8) is 0 Å². The molecule has 1 atom stereocenters. The molecule has 0 spiro atoms. The number of rotatable bonds is 4. The Hall–Kier alpha value is -0.655. The van der Waals surface area contributed by atoms with E-state index < -0.39 is 0 Å². The summed E-state index contributed by atoms with van der Waals surface area (Å²) in [6.07, 6.45) is 12.1. The molecule has 1 N–H and O–H groups in total. The molecule has 2 aliphatic rings. The number of hydrogen-bond donors (Lipinski definition) is 1. The highest BCUT2D eigenvalue weighted by molar-refractivity contribution is 6.68. The van der Waals surface area contributed by atoms with Crippen LogP contribution in [0.25, 0.3) is 0 Å². The molecule has 1 aliphatic carbocycles. The molecule has 1 unspecified atom stereocenters. The Bertz CT molecular complexity index is 326. The zero-order valence-electron chi connectivity index (χ0n) is 11.8. The van der Waals surface area contributed by atoms with Crippen LogP contribution in [0.15, 0.2) is 23.8 Å². The monoisotopic (exact) mass is 231 g/mol. The first-order valence-corrected chi connectivity index (χ1v) is 7.11. The van der Waals surface area contributed by atoms with E-state index in [0.29, 0.717) is 5.41 Å². The molecule has 1 heterocycles. The Kier molecular flexibility index (Phi) is 3.70. The maximum atomic E-state index is 3.55. The predicted molar refractivity (Wildman–Crippen MR) is 77.4 cm³/mol. The minimum absolute atomic E-state index is 0.505. The summed E-state index contributed by atoms with van der Waals surface area (Å²) < 4.78 is 0. The Labute approximate surface area is 107 Å². The molecule has 2 rings (SSSR count). The Morgan fingerprint density at radius 3 is 2.53 bits per heavy atom. The highest BCUT2D eigenvalue weighted by Crippen LogP contribution is 2.45. The second kappa shape index (κ2) is 4.92. The molecule has 0 bridgehead atoms. The zero-order valence-corrected chi connectivity index (χ0v) is 11.8. The van der Waals surface area contributed by atoms with Crippen molar-refractivity contribution >= 4 is 6.71 Å². The standard InChI is InChI=1S/C15H26BN/c1-5-6-13(10-17-14-7-8-14)16-9-12(2)15(3,4)11-16/h5-6,10,12,14,17H,7-9,11H2,1-4H3/b6-5-,13-10+. The quantitative estimate of drug-likeness (QED) is 0.571. The summed E-state index contributed by atoms with van der Waals surface area (Å²) in [6.45, 7) is 10.1. The fourth-order valence-corrected chi connectivity index (χ4v) is 2.88. The first kappa shape index (κ1) is 12.8. The van der Waals surface area contributed by atoms with Gasteiger partial charge in [0.15, 0.2) is 6.71 Å². The van der Waals surface area contributed by atoms with Crippen molar-refractivity contribution in [3.05, 3.63) is 23.8 Å². The van der Waals surface area contributed by atoms with E-state index in [0.717, 1.165) is 18.7 Å². The molecule has 1 nitrogen and oxygen atoms in total. The maximum Gasteiger partial charge on any atom is 0.178 e. The van der Waals surface area contributed by atoms with Crippen LogP contribution < -0.4 is 5.32 Å². The molecule has 0 aromatic rings. The van der Waals surface area contributed by atoms with Crippen LogP contribution in [0.3, 0.4) is 0 Å². The molecule has 2 fully saturated rings. The van der Waals surface area contributed by atoms with Gasteiger partial charge in [0.05, 0.1) is 0 Å². The van der Waals surface area contributed by atoms with Crippen LogP contribution in [0, 0.1) is 11.3 Å². The molecule has 0 aromatic carbocycles. The summed E-state index contributed by atoms with van der Waals surface area (Å²) in [7, 11) is 0. The second-order valence-electron chi connectivity index (χ2n) is 6.61. The first-order chi connectivity index (χ1) is 8.03. The molecule has 1 aliphatic heterocycles. The molecular weight excluding hydrogens is 205 g/mol. The minimum Gasteiger partial charge on any atom is -0.389 e. The Morgan fingerprint density at radius 2 is 2.06 bits per heavy atom. The van der Waals surface area contributed by atoms with Crippen molar-refractivity contribution in [2.75, 3.05) is 0 Å². The molecule has 1 saturated carbocycles. The lowest BCUT2D eigenvalue weighted by atomic mass is 9.42. The molecule has 17 heavy (non-hydrogen) atoms. The van der Waals surface area contributed by atoms with Gasteiger partial charge in [-0.1, -0.05) is 51.0 Å². The van der Waals surface area contributed by atoms with E-state index in [1.807, 2.05) is 0 Å². The molecule has 0 radical (unpaired) electrons. The van der Waals surface area contributed by atoms with Crippen molar-refractivity contribution in [1.29, 1.82) is 0 Å². The van der Waals surface area contributed by atoms with Gasteiger partial charge in [0.25, 0.3) is 0 Å². The van der Waals surface area contributed by atoms with Gasteiger partial charge in [-0.2, -0.15) is 0 Å². The molecule has 1 saturated heterocycles. The molecule has 94 valence electrons. The van der Waals surface area contributed by atoms with Crippen molar-refractivity contribution in [2.24, 2.45) is 11.3 Å². The molecule has 0 aromatic heterocycles. The van der Waals surface area contributed by atoms with Crippen molar-refractivity contribution < 1.29 is 0 Å². The van der Waals surface area contributed by atoms with Crippen LogP contribution in [-0.2, 0) is 0 Å². The smallest absolute Gasteiger partial charge is 0.178 e. The Balaban J connectivity index is 2.03. The maximum absolute atomic E-state index is 3.55. The summed E-state index contributed by atoms with van der Waals surface area (Å²) >= 11 is 0. The van der Waals surface area contributed by atoms with Gasteiger partial charge in [-0.3, -0.25) is 0 Å². The highest BCUT2D eigenvalue weighted by atomic mass is 14.9. The Morgan fingerprint density at radius 1 is 1.35 bits per heavy atom. The first-order valence-electron chi connectivity index (χ1n) is 7.11. The van der Waals surface area contributed by atoms with Crippen LogP contribution in [-0.4, -0.2) is 12.8 Å². The van der Waals surface area contributed by atoms with Crippen LogP contribution in [0.4, 0.5) is 0 Å². The third kappa shape index (κ3) is 3.17. The van der Waals surface area contributed by atoms with Crippen LogP contribution in [0.1, 0.15) is 40.5 Å². The summed E-state index contributed by atoms with van der Waals surface area (Å²) in [5, 5.41) is 3.55. The van der Waals surface area contributed by atoms with Crippen molar-refractivity contribution in [3.8, 4) is 0 Å². The lowest BCUT2D eigenvalue weighted by Crippen LogP contribution is -2.17. The van der Waals surface area contributed by atoms with Gasteiger partial charge in [0, 0.05) is 6.04 Å². The molecular formula is C15H26BN. The summed E-state index contributed by atoms with van der Waals surface area (Å²) in [5.41, 5.74) is 2.02. The largest absolute Gasteiger partial charge is 0.389 e. The van der Waals surface area contributed by atoms with E-state index in [1.54, 1.807) is 0 Å². The fourth-order valence-electron chi connectivity index (χ4n) is 2.88. The van der Waals surface area contributed by atoms with Crippen LogP contribution in [0.5, 0.6) is 0 Å². The lowest BCUT2D eigenvalue weighted by molar-refractivity contribution is 0.306. The van der Waals surface area contributed by atoms with E-state index in [4.69, 9.17) is 0 Å². The number of allylic oxidation sites excluding steroid dienone is 3. The number of hydrogen-bond acceptors (Lipinski definition) is 1. The average Bonchev–Trinajstić information content (AvgIpc) is 3.02. The van der Waals surface area contributed by atoms with Gasteiger partial charge < -0.3 is 5.32 Å². The van der Waals surface area contributed by atoms with Gasteiger partial charge in [-0.05, 0) is 37.3 Å². The normalized spacial score (nSPS) is 29.1. The fraction of sp³-hybridized carbons (Fsp3) is 0.733. The second-order valence-corrected chi connectivity index (χ2v) is 6.61. The van der Waals surface area contributed by atoms with Gasteiger partial charge in [0.1, 0.15) is 0 Å². The summed E-state index contributed by atoms with van der Waals surface area (Å²) in [5.74, 6) is 0.835. The van der Waals surface area contributed by atoms with Crippen molar-refractivity contribution in [1.82, 2.24) is 5.32 Å². The van der Waals surface area contributed by atoms with E-state index >= 15 is 0 Å². The third-order valence-electron chi connectivity index (χ3n) is 4.64. The minimum atomic E-state index is 0.505. The highest BCUT2D eigenvalue weighted by Gasteiger charge is 2.40. The zero-order chi connectivity index (χ0) is 12.5. The third-order valence-corrected chi connectivity index (χ3v) is 4.64. The lowest BCUT2D eigenvalue weighted by Gasteiger charge is -2.23. The van der Waals surface area contributed by atoms with E-state index in [2.05, 4.69) is 51.4 Å². The van der Waals surface area contributed by atoms with E-state index in [-0.39, 0.29) is 0 Å². The van der Waals surface area contributed by atoms with Gasteiger partial charge in [-0.25, -0.2) is 0 Å². The van der Waals surface area contributed by atoms with Gasteiger partial charge in [-0.15, -0.1) is 0 Å². The molecule has 2 heteroatoms. The SMILES string of the molecule is C/C=C\C(=C/NC1CC1)B1CC(C)C(C)(C)C1. The van der Waals surface area contributed by atoms with Gasteiger partial charge in [0.2, 0.25) is 0 Å². The van der Waals surface area contributed by atoms with Crippen LogP contribution in [0.2, 0.25) is 12.6 Å². The summed E-state index contributed by atoms with van der Waals surface area (Å²) in [4.78, 5) is 0. The van der Waals surface area contributed by atoms with E-state index in [1.165, 1.54) is 31.0 Å². The predicted octanol–water partition coefficient (Wildman–Crippen LogP) is 3.91. The van der Waals surface area contributed by atoms with Gasteiger partial charge >= 0.3 is 0 Å². The van der Waals surface area contributed by atoms with Crippen molar-refractivity contribution in [2.45, 2.75) is 59.2 Å². The summed E-state index contributed by atoms with van der Waals surface area (Å²) in [6, 6.07) is 0.766. The van der Waals surface area contributed by atoms with Crippen LogP contribution >= 0.6 is 0 Å². The average molecular weight is 231 g/mol. The van der Waals surface area contributed by atoms with E-state index in [9.17, 15) is 0 Å². The molecule has 0 amide bonds.